The summed E-state index contributed by atoms with van der Waals surface area (Å²) >= 11 is 0. The topological polar surface area (TPSA) is 38.3 Å². The van der Waals surface area contributed by atoms with E-state index >= 15 is 0 Å². The third-order valence-electron chi connectivity index (χ3n) is 2.55. The average molecular weight is 197 g/mol. The quantitative estimate of drug-likeness (QED) is 0.696. The summed E-state index contributed by atoms with van der Waals surface area (Å²) in [6.45, 7) is 9.13. The number of nitrogens with one attached hydrogen (secondary N) is 1. The number of rotatable bonds is 3. The van der Waals surface area contributed by atoms with Crippen LogP contribution in [0.15, 0.2) is 12.7 Å². The Balaban J connectivity index is 2.31. The summed E-state index contributed by atoms with van der Waals surface area (Å²) in [5.41, 5.74) is -0.0399. The van der Waals surface area contributed by atoms with Gasteiger partial charge in [-0.25, -0.2) is 0 Å². The van der Waals surface area contributed by atoms with Gasteiger partial charge in [-0.05, 0) is 38.7 Å². The van der Waals surface area contributed by atoms with Crippen molar-refractivity contribution in [2.45, 2.75) is 32.3 Å². The Kier molecular flexibility index (Phi) is 3.69. The molecule has 1 unspecified atom stereocenters. The van der Waals surface area contributed by atoms with E-state index in [0.29, 0.717) is 5.92 Å². The minimum absolute atomic E-state index is 0.0399. The molecule has 1 N–H and O–H groups in total. The number of carbonyl (C=O) groups excluding carboxylic acids is 1. The Morgan fingerprint density at radius 1 is 1.71 bits per heavy atom. The van der Waals surface area contributed by atoms with Crippen LogP contribution < -0.4 is 5.32 Å². The molecule has 0 saturated carbocycles. The molecule has 0 aliphatic carbocycles. The van der Waals surface area contributed by atoms with Gasteiger partial charge in [0, 0.05) is 13.2 Å². The van der Waals surface area contributed by atoms with E-state index in [-0.39, 0.29) is 11.5 Å². The summed E-state index contributed by atoms with van der Waals surface area (Å²) in [5.74, 6) is 0.442. The number of amides is 1. The van der Waals surface area contributed by atoms with Crippen LogP contribution in [0.3, 0.4) is 0 Å². The van der Waals surface area contributed by atoms with Crippen LogP contribution in [-0.2, 0) is 9.53 Å². The van der Waals surface area contributed by atoms with Crippen LogP contribution in [0.25, 0.3) is 0 Å². The maximum atomic E-state index is 11.0. The lowest BCUT2D eigenvalue weighted by Crippen LogP contribution is -2.39. The summed E-state index contributed by atoms with van der Waals surface area (Å²) in [5, 5.41) is 2.83. The molecule has 3 nitrogen and oxygen atoms in total. The van der Waals surface area contributed by atoms with Crippen molar-refractivity contribution in [3.05, 3.63) is 12.7 Å². The Bertz CT molecular complexity index is 223. The maximum absolute atomic E-state index is 11.0. The third-order valence-corrected chi connectivity index (χ3v) is 2.55. The molecule has 1 saturated heterocycles. The minimum Gasteiger partial charge on any atom is -0.376 e. The van der Waals surface area contributed by atoms with Gasteiger partial charge in [0.05, 0.1) is 5.60 Å². The summed E-state index contributed by atoms with van der Waals surface area (Å²) < 4.78 is 5.60. The van der Waals surface area contributed by atoms with E-state index < -0.39 is 0 Å². The molecule has 1 amide bonds. The summed E-state index contributed by atoms with van der Waals surface area (Å²) in [7, 11) is 0. The maximum Gasteiger partial charge on any atom is 0.243 e. The van der Waals surface area contributed by atoms with Gasteiger partial charge in [0.2, 0.25) is 5.91 Å². The fraction of sp³-hybridized carbons (Fsp3) is 0.727. The van der Waals surface area contributed by atoms with Crippen LogP contribution in [0.5, 0.6) is 0 Å². The summed E-state index contributed by atoms with van der Waals surface area (Å²) in [6, 6.07) is 0. The van der Waals surface area contributed by atoms with Gasteiger partial charge in [0.25, 0.3) is 0 Å². The smallest absolute Gasteiger partial charge is 0.243 e. The van der Waals surface area contributed by atoms with Crippen molar-refractivity contribution < 1.29 is 9.53 Å². The van der Waals surface area contributed by atoms with Gasteiger partial charge >= 0.3 is 0 Å². The van der Waals surface area contributed by atoms with E-state index in [1.54, 1.807) is 0 Å². The predicted octanol–water partition coefficient (Wildman–Crippen LogP) is 1.49. The zero-order valence-electron chi connectivity index (χ0n) is 9.01. The van der Waals surface area contributed by atoms with E-state index in [4.69, 9.17) is 4.74 Å². The van der Waals surface area contributed by atoms with E-state index in [0.717, 1.165) is 26.0 Å². The van der Waals surface area contributed by atoms with Gasteiger partial charge in [-0.2, -0.15) is 0 Å². The van der Waals surface area contributed by atoms with Crippen LogP contribution in [0.4, 0.5) is 0 Å². The minimum atomic E-state index is -0.0886. The van der Waals surface area contributed by atoms with E-state index in [9.17, 15) is 4.79 Å². The molecule has 0 spiro atoms. The van der Waals surface area contributed by atoms with Gasteiger partial charge in [-0.3, -0.25) is 4.79 Å². The van der Waals surface area contributed by atoms with Gasteiger partial charge in [-0.15, -0.1) is 0 Å². The second kappa shape index (κ2) is 4.60. The summed E-state index contributed by atoms with van der Waals surface area (Å²) in [6.07, 6.45) is 3.34. The van der Waals surface area contributed by atoms with Gasteiger partial charge < -0.3 is 10.1 Å². The Labute approximate surface area is 85.5 Å². The molecule has 0 aromatic heterocycles. The largest absolute Gasteiger partial charge is 0.376 e. The number of hydrogen-bond acceptors (Lipinski definition) is 2. The van der Waals surface area contributed by atoms with E-state index in [1.165, 1.54) is 6.08 Å². The van der Waals surface area contributed by atoms with E-state index in [1.807, 2.05) is 0 Å². The number of hydrogen-bond donors (Lipinski definition) is 1. The Morgan fingerprint density at radius 2 is 2.43 bits per heavy atom. The molecular weight excluding hydrogens is 178 g/mol. The first-order chi connectivity index (χ1) is 6.53. The van der Waals surface area contributed by atoms with E-state index in [2.05, 4.69) is 25.7 Å². The van der Waals surface area contributed by atoms with Gasteiger partial charge in [0.1, 0.15) is 0 Å². The first kappa shape index (κ1) is 11.2. The fourth-order valence-electron chi connectivity index (χ4n) is 1.85. The fourth-order valence-corrected chi connectivity index (χ4v) is 1.85. The number of ether oxygens (including phenoxy) is 1. The van der Waals surface area contributed by atoms with Crippen LogP contribution in [0.1, 0.15) is 26.7 Å². The van der Waals surface area contributed by atoms with Crippen molar-refractivity contribution in [3.8, 4) is 0 Å². The van der Waals surface area contributed by atoms with Gasteiger partial charge in [-0.1, -0.05) is 6.58 Å². The molecule has 0 aromatic carbocycles. The Morgan fingerprint density at radius 3 is 3.00 bits per heavy atom. The second-order valence-corrected chi connectivity index (χ2v) is 4.42. The van der Waals surface area contributed by atoms with Crippen LogP contribution in [0.2, 0.25) is 0 Å². The molecule has 1 atom stereocenters. The van der Waals surface area contributed by atoms with Crippen molar-refractivity contribution in [1.29, 1.82) is 0 Å². The SMILES string of the molecule is C=CC(=O)NCC1CCOC(C)(C)C1. The third kappa shape index (κ3) is 3.50. The molecule has 1 aliphatic rings. The van der Waals surface area contributed by atoms with Crippen LogP contribution >= 0.6 is 0 Å². The molecule has 1 rings (SSSR count). The first-order valence-electron chi connectivity index (χ1n) is 5.08. The standard InChI is InChI=1S/C11H19NO2/c1-4-10(13)12-8-9-5-6-14-11(2,3)7-9/h4,9H,1,5-8H2,2-3H3,(H,12,13). The molecule has 80 valence electrons. The van der Waals surface area contributed by atoms with Crippen molar-refractivity contribution in [2.75, 3.05) is 13.2 Å². The van der Waals surface area contributed by atoms with Crippen molar-refractivity contribution in [2.24, 2.45) is 5.92 Å². The van der Waals surface area contributed by atoms with Crippen LogP contribution in [0, 0.1) is 5.92 Å². The second-order valence-electron chi connectivity index (χ2n) is 4.42. The molecule has 1 fully saturated rings. The Hall–Kier alpha value is -0.830. The van der Waals surface area contributed by atoms with Crippen LogP contribution in [-0.4, -0.2) is 24.7 Å². The monoisotopic (exact) mass is 197 g/mol. The van der Waals surface area contributed by atoms with Crippen molar-refractivity contribution in [1.82, 2.24) is 5.32 Å². The number of carbonyl (C=O) groups is 1. The zero-order valence-corrected chi connectivity index (χ0v) is 9.01. The zero-order chi connectivity index (χ0) is 10.6. The predicted molar refractivity (Wildman–Crippen MR) is 56.0 cm³/mol. The highest BCUT2D eigenvalue weighted by atomic mass is 16.5. The lowest BCUT2D eigenvalue weighted by Gasteiger charge is -2.35. The molecule has 3 heteroatoms. The lowest BCUT2D eigenvalue weighted by atomic mass is 9.88. The molecule has 1 aliphatic heterocycles. The molecule has 0 bridgehead atoms. The lowest BCUT2D eigenvalue weighted by molar-refractivity contribution is -0.117. The summed E-state index contributed by atoms with van der Waals surface area (Å²) in [4.78, 5) is 11.0. The highest BCUT2D eigenvalue weighted by Gasteiger charge is 2.28. The average Bonchev–Trinajstić information content (AvgIpc) is 2.12. The highest BCUT2D eigenvalue weighted by molar-refractivity contribution is 5.86. The molecule has 0 radical (unpaired) electrons. The van der Waals surface area contributed by atoms with Gasteiger partial charge in [0.15, 0.2) is 0 Å². The van der Waals surface area contributed by atoms with Crippen molar-refractivity contribution in [3.63, 3.8) is 0 Å². The molecule has 0 aromatic rings. The normalized spacial score (nSPS) is 25.4. The van der Waals surface area contributed by atoms with Crippen molar-refractivity contribution >= 4 is 5.91 Å². The molecule has 1 heterocycles. The highest BCUT2D eigenvalue weighted by Crippen LogP contribution is 2.27. The molecule has 14 heavy (non-hydrogen) atoms. The molecular formula is C11H19NO2. The first-order valence-corrected chi connectivity index (χ1v) is 5.08.